The van der Waals surface area contributed by atoms with Crippen molar-refractivity contribution >= 4 is 22.8 Å². The molecule has 3 fully saturated rings. The number of anilines is 1. The van der Waals surface area contributed by atoms with Crippen LogP contribution in [0.15, 0.2) is 24.3 Å². The Labute approximate surface area is 177 Å². The Morgan fingerprint density at radius 2 is 2.00 bits per heavy atom. The van der Waals surface area contributed by atoms with E-state index >= 15 is 0 Å². The maximum Gasteiger partial charge on any atom is 0.410 e. The van der Waals surface area contributed by atoms with Crippen molar-refractivity contribution in [2.75, 3.05) is 31.1 Å². The summed E-state index contributed by atoms with van der Waals surface area (Å²) in [5.41, 5.74) is 2.56. The molecule has 30 heavy (non-hydrogen) atoms. The smallest absolute Gasteiger partial charge is 0.410 e. The zero-order valence-corrected chi connectivity index (χ0v) is 17.9. The van der Waals surface area contributed by atoms with Crippen molar-refractivity contribution in [2.45, 2.75) is 51.6 Å². The van der Waals surface area contributed by atoms with E-state index < -0.39 is 5.60 Å². The second-order valence-corrected chi connectivity index (χ2v) is 10.2. The van der Waals surface area contributed by atoms with Crippen molar-refractivity contribution in [3.05, 3.63) is 35.4 Å². The topological polar surface area (TPSA) is 69.5 Å². The van der Waals surface area contributed by atoms with Crippen LogP contribution in [0, 0.1) is 16.7 Å². The van der Waals surface area contributed by atoms with Crippen molar-refractivity contribution in [1.29, 1.82) is 5.26 Å². The number of nitrogens with zero attached hydrogens (tertiary/aromatic N) is 4. The van der Waals surface area contributed by atoms with Gasteiger partial charge in [-0.3, -0.25) is 0 Å². The lowest BCUT2D eigenvalue weighted by Gasteiger charge is -2.47. The molecule has 1 amide bonds. The number of nitriles is 1. The number of pyridine rings is 1. The normalized spacial score (nSPS) is 20.3. The molecule has 1 aromatic heterocycles. The van der Waals surface area contributed by atoms with Gasteiger partial charge in [-0.15, -0.1) is 0 Å². The number of ether oxygens (including phenoxy) is 1. The molecule has 1 aliphatic carbocycles. The molecule has 1 spiro atoms. The number of hydrogen-bond acceptors (Lipinski definition) is 5. The van der Waals surface area contributed by atoms with E-state index in [1.165, 1.54) is 18.4 Å². The fourth-order valence-corrected chi connectivity index (χ4v) is 4.76. The molecule has 2 aromatic rings. The minimum atomic E-state index is -0.475. The predicted octanol–water partition coefficient (Wildman–Crippen LogP) is 4.43. The maximum absolute atomic E-state index is 12.3. The van der Waals surface area contributed by atoms with Gasteiger partial charge in [-0.25, -0.2) is 9.78 Å². The number of amides is 1. The van der Waals surface area contributed by atoms with Crippen LogP contribution in [0.5, 0.6) is 0 Å². The van der Waals surface area contributed by atoms with E-state index in [0.717, 1.165) is 36.2 Å². The molecule has 0 radical (unpaired) electrons. The highest BCUT2D eigenvalue weighted by Crippen LogP contribution is 2.43. The number of likely N-dealkylation sites (tertiary alicyclic amines) is 1. The molecule has 3 aliphatic rings. The lowest BCUT2D eigenvalue weighted by Crippen LogP contribution is -2.60. The van der Waals surface area contributed by atoms with Gasteiger partial charge in [-0.05, 0) is 63.6 Å². The third-order valence-electron chi connectivity index (χ3n) is 6.43. The molecule has 2 aliphatic heterocycles. The number of rotatable bonds is 2. The zero-order chi connectivity index (χ0) is 21.1. The van der Waals surface area contributed by atoms with Gasteiger partial charge in [-0.1, -0.05) is 12.1 Å². The molecule has 6 nitrogen and oxygen atoms in total. The highest BCUT2D eigenvalue weighted by Gasteiger charge is 2.50. The summed E-state index contributed by atoms with van der Waals surface area (Å²) in [6.07, 6.45) is 3.29. The van der Waals surface area contributed by atoms with Gasteiger partial charge in [-0.2, -0.15) is 5.26 Å². The second-order valence-electron chi connectivity index (χ2n) is 10.2. The van der Waals surface area contributed by atoms with Crippen molar-refractivity contribution in [3.8, 4) is 6.07 Å². The van der Waals surface area contributed by atoms with Gasteiger partial charge in [0.05, 0.1) is 11.1 Å². The molecule has 0 bridgehead atoms. The predicted molar refractivity (Wildman–Crippen MR) is 116 cm³/mol. The number of fused-ring (bicyclic) bond motifs is 1. The summed E-state index contributed by atoms with van der Waals surface area (Å²) in [6.45, 7) is 8.77. The standard InChI is InChI=1S/C24H28N4O2/c1-23(2,3)30-22(29)28-14-24(15-28)8-9-27(13-24)21-19(12-25)10-18-7-6-17(16-4-5-16)11-20(18)26-21/h6-7,10-11,16H,4-5,8-9,13-15H2,1-3H3. The van der Waals surface area contributed by atoms with E-state index in [1.807, 2.05) is 26.8 Å². The van der Waals surface area contributed by atoms with E-state index in [-0.39, 0.29) is 11.5 Å². The molecule has 1 saturated carbocycles. The lowest BCUT2D eigenvalue weighted by molar-refractivity contribution is -0.0266. The number of hydrogen-bond donors (Lipinski definition) is 0. The molecule has 3 heterocycles. The molecule has 0 unspecified atom stereocenters. The first-order chi connectivity index (χ1) is 14.3. The Hall–Kier alpha value is -2.81. The maximum atomic E-state index is 12.3. The number of carbonyl (C=O) groups excluding carboxylic acids is 1. The van der Waals surface area contributed by atoms with E-state index in [0.29, 0.717) is 24.6 Å². The first-order valence-corrected chi connectivity index (χ1v) is 10.8. The lowest BCUT2D eigenvalue weighted by atomic mass is 9.79. The Morgan fingerprint density at radius 3 is 2.67 bits per heavy atom. The van der Waals surface area contributed by atoms with Gasteiger partial charge in [0.15, 0.2) is 0 Å². The van der Waals surface area contributed by atoms with Crippen LogP contribution < -0.4 is 4.90 Å². The minimum Gasteiger partial charge on any atom is -0.444 e. The van der Waals surface area contributed by atoms with Gasteiger partial charge in [0, 0.05) is 37.0 Å². The Bertz CT molecular complexity index is 1060. The van der Waals surface area contributed by atoms with Crippen molar-refractivity contribution in [1.82, 2.24) is 9.88 Å². The van der Waals surface area contributed by atoms with Crippen LogP contribution in [0.3, 0.4) is 0 Å². The van der Waals surface area contributed by atoms with Crippen molar-refractivity contribution in [2.24, 2.45) is 5.41 Å². The molecule has 156 valence electrons. The molecule has 1 aromatic carbocycles. The van der Waals surface area contributed by atoms with Gasteiger partial charge in [0.2, 0.25) is 0 Å². The van der Waals surface area contributed by atoms with Crippen LogP contribution >= 0.6 is 0 Å². The second kappa shape index (κ2) is 6.60. The van der Waals surface area contributed by atoms with Crippen LogP contribution in [0.2, 0.25) is 0 Å². The van der Waals surface area contributed by atoms with Gasteiger partial charge in [0.1, 0.15) is 17.5 Å². The molecule has 6 heteroatoms. The highest BCUT2D eigenvalue weighted by molar-refractivity contribution is 5.84. The molecule has 0 N–H and O–H groups in total. The van der Waals surface area contributed by atoms with Crippen LogP contribution in [0.25, 0.3) is 10.9 Å². The van der Waals surface area contributed by atoms with E-state index in [4.69, 9.17) is 9.72 Å². The van der Waals surface area contributed by atoms with E-state index in [1.54, 1.807) is 4.90 Å². The first kappa shape index (κ1) is 19.2. The summed E-state index contributed by atoms with van der Waals surface area (Å²) < 4.78 is 5.49. The average molecular weight is 405 g/mol. The van der Waals surface area contributed by atoms with Crippen LogP contribution in [0.4, 0.5) is 10.6 Å². The van der Waals surface area contributed by atoms with Crippen molar-refractivity contribution < 1.29 is 9.53 Å². The Kier molecular flexibility index (Phi) is 4.22. The summed E-state index contributed by atoms with van der Waals surface area (Å²) in [5, 5.41) is 10.8. The third kappa shape index (κ3) is 3.47. The molecule has 0 atom stereocenters. The monoisotopic (exact) mass is 404 g/mol. The zero-order valence-electron chi connectivity index (χ0n) is 17.9. The summed E-state index contributed by atoms with van der Waals surface area (Å²) in [5.74, 6) is 1.46. The van der Waals surface area contributed by atoms with Crippen LogP contribution in [-0.4, -0.2) is 47.8 Å². The molecule has 5 rings (SSSR count). The fourth-order valence-electron chi connectivity index (χ4n) is 4.76. The molecular formula is C24H28N4O2. The third-order valence-corrected chi connectivity index (χ3v) is 6.43. The minimum absolute atomic E-state index is 0.0795. The van der Waals surface area contributed by atoms with Crippen LogP contribution in [0.1, 0.15) is 57.1 Å². The van der Waals surface area contributed by atoms with Gasteiger partial charge >= 0.3 is 6.09 Å². The largest absolute Gasteiger partial charge is 0.444 e. The Morgan fingerprint density at radius 1 is 1.23 bits per heavy atom. The molecular weight excluding hydrogens is 376 g/mol. The quantitative estimate of drug-likeness (QED) is 0.740. The highest BCUT2D eigenvalue weighted by atomic mass is 16.6. The van der Waals surface area contributed by atoms with E-state index in [2.05, 4.69) is 29.2 Å². The summed E-state index contributed by atoms with van der Waals surface area (Å²) >= 11 is 0. The van der Waals surface area contributed by atoms with Crippen molar-refractivity contribution in [3.63, 3.8) is 0 Å². The average Bonchev–Trinajstić information content (AvgIpc) is 3.41. The fraction of sp³-hybridized carbons (Fsp3) is 0.542. The van der Waals surface area contributed by atoms with E-state index in [9.17, 15) is 10.1 Å². The first-order valence-electron chi connectivity index (χ1n) is 10.8. The van der Waals surface area contributed by atoms with Gasteiger partial charge < -0.3 is 14.5 Å². The summed E-state index contributed by atoms with van der Waals surface area (Å²) in [6, 6.07) is 10.8. The van der Waals surface area contributed by atoms with Crippen LogP contribution in [-0.2, 0) is 4.74 Å². The van der Waals surface area contributed by atoms with Gasteiger partial charge in [0.25, 0.3) is 0 Å². The number of aromatic nitrogens is 1. The molecule has 2 saturated heterocycles. The SMILES string of the molecule is CC(C)(C)OC(=O)N1CC2(CCN(c3nc4cc(C5CC5)ccc4cc3C#N)C2)C1. The Balaban J connectivity index is 1.34. The summed E-state index contributed by atoms with van der Waals surface area (Å²) in [4.78, 5) is 21.2. The number of carbonyl (C=O) groups is 1. The summed E-state index contributed by atoms with van der Waals surface area (Å²) in [7, 11) is 0. The number of benzene rings is 1.